The first-order valence-electron chi connectivity index (χ1n) is 10.7. The molecule has 1 aliphatic heterocycles. The Morgan fingerprint density at radius 3 is 2.58 bits per heavy atom. The van der Waals surface area contributed by atoms with E-state index in [9.17, 15) is 24.1 Å². The fourth-order valence-corrected chi connectivity index (χ4v) is 4.22. The van der Waals surface area contributed by atoms with Crippen LogP contribution in [-0.2, 0) is 6.42 Å². The van der Waals surface area contributed by atoms with Crippen LogP contribution in [0.1, 0.15) is 34.6 Å². The van der Waals surface area contributed by atoms with E-state index in [1.807, 2.05) is 6.07 Å². The quantitative estimate of drug-likeness (QED) is 0.436. The summed E-state index contributed by atoms with van der Waals surface area (Å²) in [6, 6.07) is 13.8. The highest BCUT2D eigenvalue weighted by atomic mass is 19.1. The van der Waals surface area contributed by atoms with Crippen molar-refractivity contribution in [2.75, 3.05) is 13.1 Å². The summed E-state index contributed by atoms with van der Waals surface area (Å²) in [5.41, 5.74) is 0.541. The zero-order chi connectivity index (χ0) is 23.5. The van der Waals surface area contributed by atoms with Crippen molar-refractivity contribution in [3.63, 3.8) is 0 Å². The minimum atomic E-state index is -0.528. The van der Waals surface area contributed by atoms with Gasteiger partial charge in [0, 0.05) is 30.9 Å². The number of benzene rings is 2. The zero-order valence-corrected chi connectivity index (χ0v) is 18.1. The smallest absolute Gasteiger partial charge is 0.294 e. The highest BCUT2D eigenvalue weighted by Crippen LogP contribution is 2.24. The van der Waals surface area contributed by atoms with Crippen LogP contribution in [0.4, 0.5) is 10.1 Å². The lowest BCUT2D eigenvalue weighted by Crippen LogP contribution is -2.41. The number of carbonyl (C=O) groups excluding carboxylic acids is 1. The van der Waals surface area contributed by atoms with Gasteiger partial charge in [-0.05, 0) is 55.9 Å². The molecule has 0 atom stereocenters. The van der Waals surface area contributed by atoms with Crippen LogP contribution in [-0.4, -0.2) is 38.6 Å². The van der Waals surface area contributed by atoms with Crippen molar-refractivity contribution in [1.82, 2.24) is 14.7 Å². The van der Waals surface area contributed by atoms with E-state index >= 15 is 0 Å². The van der Waals surface area contributed by atoms with Crippen molar-refractivity contribution in [1.29, 1.82) is 0 Å². The van der Waals surface area contributed by atoms with Crippen LogP contribution in [0.25, 0.3) is 5.69 Å². The summed E-state index contributed by atoms with van der Waals surface area (Å²) in [6.07, 6.45) is 2.19. The van der Waals surface area contributed by atoms with E-state index in [0.717, 1.165) is 24.8 Å². The number of nitro groups is 1. The van der Waals surface area contributed by atoms with Gasteiger partial charge in [0.15, 0.2) is 5.69 Å². The molecule has 9 heteroatoms. The molecule has 1 aromatic heterocycles. The largest absolute Gasteiger partial charge is 0.337 e. The van der Waals surface area contributed by atoms with E-state index in [4.69, 9.17) is 0 Å². The van der Waals surface area contributed by atoms with Crippen molar-refractivity contribution in [3.05, 3.63) is 97.7 Å². The van der Waals surface area contributed by atoms with Gasteiger partial charge in [-0.2, -0.15) is 5.10 Å². The maximum atomic E-state index is 13.4. The molecule has 170 valence electrons. The second-order valence-corrected chi connectivity index (χ2v) is 8.23. The molecule has 8 nitrogen and oxygen atoms in total. The molecule has 4 rings (SSSR count). The molecule has 0 bridgehead atoms. The van der Waals surface area contributed by atoms with E-state index in [1.54, 1.807) is 30.0 Å². The first kappa shape index (κ1) is 22.3. The molecule has 0 aliphatic carbocycles. The van der Waals surface area contributed by atoms with Crippen molar-refractivity contribution < 1.29 is 14.1 Å². The van der Waals surface area contributed by atoms with Gasteiger partial charge in [-0.1, -0.05) is 24.3 Å². The maximum Gasteiger partial charge on any atom is 0.294 e. The summed E-state index contributed by atoms with van der Waals surface area (Å²) < 4.78 is 14.7. The Hall–Kier alpha value is -3.88. The molecule has 0 saturated carbocycles. The number of hydrogen-bond acceptors (Lipinski definition) is 5. The summed E-state index contributed by atoms with van der Waals surface area (Å²) in [4.78, 5) is 38.2. The highest BCUT2D eigenvalue weighted by molar-refractivity contribution is 5.92. The maximum absolute atomic E-state index is 13.4. The van der Waals surface area contributed by atoms with Crippen molar-refractivity contribution in [3.8, 4) is 5.69 Å². The number of nitrogens with zero attached hydrogens (tertiary/aromatic N) is 4. The fraction of sp³-hybridized carbons (Fsp3) is 0.292. The average Bonchev–Trinajstić information content (AvgIpc) is 2.79. The Labute approximate surface area is 189 Å². The Morgan fingerprint density at radius 2 is 1.88 bits per heavy atom. The number of nitro benzene ring substituents is 1. The number of hydrogen-bond donors (Lipinski definition) is 0. The summed E-state index contributed by atoms with van der Waals surface area (Å²) >= 11 is 0. The number of aromatic nitrogens is 2. The van der Waals surface area contributed by atoms with E-state index in [2.05, 4.69) is 5.10 Å². The number of amides is 1. The fourth-order valence-electron chi connectivity index (χ4n) is 4.22. The predicted octanol–water partition coefficient (Wildman–Crippen LogP) is 3.68. The summed E-state index contributed by atoms with van der Waals surface area (Å²) in [7, 11) is 0. The minimum absolute atomic E-state index is 0.173. The van der Waals surface area contributed by atoms with Gasteiger partial charge >= 0.3 is 0 Å². The third-order valence-electron chi connectivity index (χ3n) is 5.93. The van der Waals surface area contributed by atoms with E-state index in [1.165, 1.54) is 35.0 Å². The molecular weight excluding hydrogens is 427 g/mol. The lowest BCUT2D eigenvalue weighted by Gasteiger charge is -2.31. The summed E-state index contributed by atoms with van der Waals surface area (Å²) in [5.74, 6) is -0.442. The van der Waals surface area contributed by atoms with Crippen LogP contribution in [0.5, 0.6) is 0 Å². The van der Waals surface area contributed by atoms with Gasteiger partial charge in [-0.15, -0.1) is 0 Å². The molecule has 2 heterocycles. The second kappa shape index (κ2) is 9.32. The minimum Gasteiger partial charge on any atom is -0.337 e. The second-order valence-electron chi connectivity index (χ2n) is 8.23. The standard InChI is InChI=1S/C24H23FN4O4/c1-16-13-22(30)23(26-28(16)20-7-2-3-8-21(20)29(32)33)24(31)27-11-9-17(10-12-27)14-18-5-4-6-19(25)15-18/h2-8,13,15,17H,9-12,14H2,1H3. The van der Waals surface area contributed by atoms with Crippen molar-refractivity contribution >= 4 is 11.6 Å². The summed E-state index contributed by atoms with van der Waals surface area (Å²) in [5, 5.41) is 15.7. The monoisotopic (exact) mass is 450 g/mol. The molecule has 3 aromatic rings. The number of aryl methyl sites for hydroxylation is 1. The van der Waals surface area contributed by atoms with Gasteiger partial charge in [0.25, 0.3) is 11.6 Å². The van der Waals surface area contributed by atoms with Crippen LogP contribution in [0.15, 0.2) is 59.4 Å². The van der Waals surface area contributed by atoms with Gasteiger partial charge in [0.2, 0.25) is 5.43 Å². The Balaban J connectivity index is 1.53. The van der Waals surface area contributed by atoms with Gasteiger partial charge in [0.1, 0.15) is 11.5 Å². The molecule has 0 unspecified atom stereocenters. The Morgan fingerprint density at radius 1 is 1.15 bits per heavy atom. The van der Waals surface area contributed by atoms with Crippen LogP contribution in [0.2, 0.25) is 0 Å². The zero-order valence-electron chi connectivity index (χ0n) is 18.1. The molecule has 2 aromatic carbocycles. The number of likely N-dealkylation sites (tertiary alicyclic amines) is 1. The molecule has 1 aliphatic rings. The van der Waals surface area contributed by atoms with Crippen molar-refractivity contribution in [2.45, 2.75) is 26.2 Å². The molecular formula is C24H23FN4O4. The average molecular weight is 450 g/mol. The number of carbonyl (C=O) groups is 1. The Bertz CT molecular complexity index is 1270. The molecule has 33 heavy (non-hydrogen) atoms. The van der Waals surface area contributed by atoms with Crippen LogP contribution in [0.3, 0.4) is 0 Å². The summed E-state index contributed by atoms with van der Waals surface area (Å²) in [6.45, 7) is 2.52. The SMILES string of the molecule is Cc1cc(=O)c(C(=O)N2CCC(Cc3cccc(F)c3)CC2)nn1-c1ccccc1[N+](=O)[O-]. The number of para-hydroxylation sites is 2. The van der Waals surface area contributed by atoms with Gasteiger partial charge < -0.3 is 4.90 Å². The molecule has 0 N–H and O–H groups in total. The van der Waals surface area contributed by atoms with Gasteiger partial charge in [0.05, 0.1) is 4.92 Å². The lowest BCUT2D eigenvalue weighted by atomic mass is 9.90. The lowest BCUT2D eigenvalue weighted by molar-refractivity contribution is -0.384. The number of rotatable bonds is 5. The van der Waals surface area contributed by atoms with Crippen LogP contribution in [0, 0.1) is 28.8 Å². The normalized spacial score (nSPS) is 14.3. The number of halogens is 1. The molecule has 0 spiro atoms. The number of piperidine rings is 1. The highest BCUT2D eigenvalue weighted by Gasteiger charge is 2.27. The topological polar surface area (TPSA) is 98.3 Å². The molecule has 1 saturated heterocycles. The van der Waals surface area contributed by atoms with E-state index in [-0.39, 0.29) is 22.9 Å². The van der Waals surface area contributed by atoms with Crippen LogP contribution < -0.4 is 5.43 Å². The first-order valence-corrected chi connectivity index (χ1v) is 10.7. The van der Waals surface area contributed by atoms with Crippen molar-refractivity contribution in [2.24, 2.45) is 5.92 Å². The molecule has 0 radical (unpaired) electrons. The molecule has 1 fully saturated rings. The van der Waals surface area contributed by atoms with E-state index in [0.29, 0.717) is 24.7 Å². The Kier molecular flexibility index (Phi) is 6.30. The van der Waals surface area contributed by atoms with Gasteiger partial charge in [-0.3, -0.25) is 19.7 Å². The van der Waals surface area contributed by atoms with Gasteiger partial charge in [-0.25, -0.2) is 9.07 Å². The van der Waals surface area contributed by atoms with E-state index < -0.39 is 16.3 Å². The molecule has 1 amide bonds. The first-order chi connectivity index (χ1) is 15.8. The third kappa shape index (κ3) is 4.82. The predicted molar refractivity (Wildman–Crippen MR) is 120 cm³/mol. The van der Waals surface area contributed by atoms with Crippen LogP contribution >= 0.6 is 0 Å². The third-order valence-corrected chi connectivity index (χ3v) is 5.93.